The molecule has 4 nitrogen and oxygen atoms in total. The summed E-state index contributed by atoms with van der Waals surface area (Å²) >= 11 is 0. The molecule has 14 heavy (non-hydrogen) atoms. The number of hydrogen-bond acceptors (Lipinski definition) is 4. The fourth-order valence-electron chi connectivity index (χ4n) is 1.70. The Morgan fingerprint density at radius 1 is 1.14 bits per heavy atom. The van der Waals surface area contributed by atoms with Gasteiger partial charge in [-0.1, -0.05) is 0 Å². The van der Waals surface area contributed by atoms with Gasteiger partial charge in [-0.25, -0.2) is 0 Å². The average molecular weight is 194 g/mol. The lowest BCUT2D eigenvalue weighted by atomic mass is 9.88. The predicted octanol–water partition coefficient (Wildman–Crippen LogP) is 0.588. The van der Waals surface area contributed by atoms with Crippen LogP contribution in [0.25, 0.3) is 0 Å². The largest absolute Gasteiger partial charge is 0.504 e. The highest BCUT2D eigenvalue weighted by Gasteiger charge is 2.24. The van der Waals surface area contributed by atoms with Crippen LogP contribution in [-0.2, 0) is 6.42 Å². The Bertz CT molecular complexity index is 397. The molecule has 0 heterocycles. The summed E-state index contributed by atoms with van der Waals surface area (Å²) in [5.41, 5.74) is 0.981. The third-order valence-corrected chi connectivity index (χ3v) is 2.38. The summed E-state index contributed by atoms with van der Waals surface area (Å²) in [5, 5.41) is 27.7. The molecule has 4 heteroatoms. The second-order valence-corrected chi connectivity index (χ2v) is 3.48. The van der Waals surface area contributed by atoms with Crippen molar-refractivity contribution in [1.29, 1.82) is 0 Å². The molecule has 0 bridgehead atoms. The Morgan fingerprint density at radius 2 is 1.79 bits per heavy atom. The van der Waals surface area contributed by atoms with Gasteiger partial charge < -0.3 is 15.3 Å². The van der Waals surface area contributed by atoms with Crippen molar-refractivity contribution in [3.8, 4) is 11.5 Å². The molecule has 2 rings (SSSR count). The Labute approximate surface area is 80.4 Å². The number of phenolic OH excluding ortho intramolecular Hbond substituents is 2. The molecule has 1 atom stereocenters. The third-order valence-electron chi connectivity index (χ3n) is 2.38. The summed E-state index contributed by atoms with van der Waals surface area (Å²) in [4.78, 5) is 11.4. The van der Waals surface area contributed by atoms with E-state index < -0.39 is 6.10 Å². The van der Waals surface area contributed by atoms with Crippen molar-refractivity contribution in [2.45, 2.75) is 18.9 Å². The number of aliphatic hydroxyl groups excluding tert-OH is 1. The van der Waals surface area contributed by atoms with Crippen LogP contribution in [-0.4, -0.2) is 27.2 Å². The van der Waals surface area contributed by atoms with Gasteiger partial charge in [0.1, 0.15) is 0 Å². The quantitative estimate of drug-likeness (QED) is 0.528. The number of benzene rings is 1. The summed E-state index contributed by atoms with van der Waals surface area (Å²) < 4.78 is 0. The molecule has 0 saturated carbocycles. The van der Waals surface area contributed by atoms with Crippen molar-refractivity contribution in [2.24, 2.45) is 0 Å². The number of aromatic hydroxyl groups is 2. The van der Waals surface area contributed by atoms with Crippen LogP contribution in [0.2, 0.25) is 0 Å². The van der Waals surface area contributed by atoms with E-state index in [2.05, 4.69) is 0 Å². The zero-order valence-electron chi connectivity index (χ0n) is 7.40. The number of carbonyl (C=O) groups is 1. The van der Waals surface area contributed by atoms with Crippen molar-refractivity contribution < 1.29 is 20.1 Å². The van der Waals surface area contributed by atoms with Crippen molar-refractivity contribution in [3.63, 3.8) is 0 Å². The van der Waals surface area contributed by atoms with E-state index in [4.69, 9.17) is 0 Å². The molecular weight excluding hydrogens is 184 g/mol. The highest BCUT2D eigenvalue weighted by molar-refractivity contribution is 5.99. The highest BCUT2D eigenvalue weighted by Crippen LogP contribution is 2.32. The molecule has 0 unspecified atom stereocenters. The lowest BCUT2D eigenvalue weighted by Crippen LogP contribution is -2.23. The molecule has 74 valence electrons. The van der Waals surface area contributed by atoms with Crippen LogP contribution < -0.4 is 0 Å². The number of hydrogen-bond donors (Lipinski definition) is 3. The van der Waals surface area contributed by atoms with E-state index in [1.807, 2.05) is 0 Å². The van der Waals surface area contributed by atoms with Crippen molar-refractivity contribution >= 4 is 5.78 Å². The van der Waals surface area contributed by atoms with Gasteiger partial charge in [-0.3, -0.25) is 4.79 Å². The van der Waals surface area contributed by atoms with Gasteiger partial charge in [0.05, 0.1) is 6.10 Å². The lowest BCUT2D eigenvalue weighted by molar-refractivity contribution is 0.0852. The standard InChI is InChI=1S/C10H10O4/c11-6-1-5-2-9(13)10(14)4-7(5)8(12)3-6/h2,4,6,11,13-14H,1,3H2/t6-/m0/s1. The first-order chi connectivity index (χ1) is 6.58. The summed E-state index contributed by atoms with van der Waals surface area (Å²) in [6.07, 6.45) is -0.259. The third kappa shape index (κ3) is 1.33. The van der Waals surface area contributed by atoms with E-state index in [-0.39, 0.29) is 23.7 Å². The molecule has 0 radical (unpaired) electrons. The van der Waals surface area contributed by atoms with Crippen molar-refractivity contribution in [3.05, 3.63) is 23.3 Å². The SMILES string of the molecule is O=C1C[C@@H](O)Cc2cc(O)c(O)cc21. The number of Topliss-reactive ketones (excluding diaryl/α,β-unsaturated/α-hetero) is 1. The van der Waals surface area contributed by atoms with Gasteiger partial charge >= 0.3 is 0 Å². The first-order valence-electron chi connectivity index (χ1n) is 4.34. The van der Waals surface area contributed by atoms with Crippen LogP contribution in [0, 0.1) is 0 Å². The minimum absolute atomic E-state index is 0.0806. The van der Waals surface area contributed by atoms with Crippen LogP contribution in [0.5, 0.6) is 11.5 Å². The Balaban J connectivity index is 2.55. The molecule has 1 aliphatic carbocycles. The molecule has 0 amide bonds. The minimum Gasteiger partial charge on any atom is -0.504 e. The topological polar surface area (TPSA) is 77.8 Å². The fourth-order valence-corrected chi connectivity index (χ4v) is 1.70. The number of aliphatic hydroxyl groups is 1. The normalized spacial score (nSPS) is 20.6. The van der Waals surface area contributed by atoms with E-state index in [0.29, 0.717) is 17.5 Å². The molecule has 1 aromatic rings. The van der Waals surface area contributed by atoms with Crippen molar-refractivity contribution in [1.82, 2.24) is 0 Å². The summed E-state index contributed by atoms with van der Waals surface area (Å²) in [5.74, 6) is -0.756. The molecule has 0 saturated heterocycles. The van der Waals surface area contributed by atoms with Crippen LogP contribution in [0.1, 0.15) is 22.3 Å². The average Bonchev–Trinajstić information content (AvgIpc) is 2.08. The smallest absolute Gasteiger partial charge is 0.165 e. The minimum atomic E-state index is -0.682. The monoisotopic (exact) mass is 194 g/mol. The summed E-state index contributed by atoms with van der Waals surface area (Å²) in [6.45, 7) is 0. The Hall–Kier alpha value is -1.55. The molecular formula is C10H10O4. The van der Waals surface area contributed by atoms with Gasteiger partial charge in [0.15, 0.2) is 17.3 Å². The first-order valence-corrected chi connectivity index (χ1v) is 4.34. The van der Waals surface area contributed by atoms with Crippen LogP contribution in [0.15, 0.2) is 12.1 Å². The zero-order chi connectivity index (χ0) is 10.3. The highest BCUT2D eigenvalue weighted by atomic mass is 16.3. The lowest BCUT2D eigenvalue weighted by Gasteiger charge is -2.19. The van der Waals surface area contributed by atoms with Crippen LogP contribution >= 0.6 is 0 Å². The number of phenols is 2. The van der Waals surface area contributed by atoms with E-state index >= 15 is 0 Å². The van der Waals surface area contributed by atoms with Gasteiger partial charge in [0.25, 0.3) is 0 Å². The predicted molar refractivity (Wildman–Crippen MR) is 48.4 cm³/mol. The molecule has 0 fully saturated rings. The number of ketones is 1. The molecule has 3 N–H and O–H groups in total. The number of rotatable bonds is 0. The fraction of sp³-hybridized carbons (Fsp3) is 0.300. The van der Waals surface area contributed by atoms with E-state index in [1.54, 1.807) is 0 Å². The first kappa shape index (κ1) is 9.02. The maximum atomic E-state index is 11.4. The summed E-state index contributed by atoms with van der Waals surface area (Å²) in [7, 11) is 0. The van der Waals surface area contributed by atoms with Crippen LogP contribution in [0.4, 0.5) is 0 Å². The van der Waals surface area contributed by atoms with Gasteiger partial charge in [-0.05, 0) is 24.1 Å². The molecule has 0 aromatic heterocycles. The van der Waals surface area contributed by atoms with Gasteiger partial charge in [-0.2, -0.15) is 0 Å². The van der Waals surface area contributed by atoms with Gasteiger partial charge in [-0.15, -0.1) is 0 Å². The van der Waals surface area contributed by atoms with Gasteiger partial charge in [0.2, 0.25) is 0 Å². The van der Waals surface area contributed by atoms with E-state index in [9.17, 15) is 20.1 Å². The number of carbonyl (C=O) groups excluding carboxylic acids is 1. The van der Waals surface area contributed by atoms with Crippen LogP contribution in [0.3, 0.4) is 0 Å². The van der Waals surface area contributed by atoms with Gasteiger partial charge in [0, 0.05) is 12.0 Å². The van der Waals surface area contributed by atoms with E-state index in [1.165, 1.54) is 12.1 Å². The number of fused-ring (bicyclic) bond motifs is 1. The molecule has 1 aliphatic rings. The summed E-state index contributed by atoms with van der Waals surface area (Å²) in [6, 6.07) is 2.57. The second kappa shape index (κ2) is 2.99. The molecule has 0 aliphatic heterocycles. The van der Waals surface area contributed by atoms with Crippen molar-refractivity contribution in [2.75, 3.05) is 0 Å². The zero-order valence-corrected chi connectivity index (χ0v) is 7.40. The second-order valence-electron chi connectivity index (χ2n) is 3.48. The van der Waals surface area contributed by atoms with E-state index in [0.717, 1.165) is 0 Å². The molecule has 0 spiro atoms. The maximum absolute atomic E-state index is 11.4. The Morgan fingerprint density at radius 3 is 2.50 bits per heavy atom. The maximum Gasteiger partial charge on any atom is 0.165 e. The Kier molecular flexibility index (Phi) is 1.93. The molecule has 1 aromatic carbocycles.